The van der Waals surface area contributed by atoms with E-state index >= 15 is 0 Å². The van der Waals surface area contributed by atoms with Gasteiger partial charge in [-0.3, -0.25) is 4.72 Å². The number of pyridine rings is 1. The Morgan fingerprint density at radius 3 is 2.54 bits per heavy atom. The SMILES string of the molecule is CC(C)c1ccc(S(=O)(=O)Nc2ccc(NCC3CCCO3)cn2)cc1. The summed E-state index contributed by atoms with van der Waals surface area (Å²) in [4.78, 5) is 4.41. The monoisotopic (exact) mass is 375 g/mol. The molecule has 0 bridgehead atoms. The molecule has 1 fully saturated rings. The van der Waals surface area contributed by atoms with E-state index < -0.39 is 10.0 Å². The summed E-state index contributed by atoms with van der Waals surface area (Å²) >= 11 is 0. The average Bonchev–Trinajstić information content (AvgIpc) is 3.14. The second-order valence-corrected chi connectivity index (χ2v) is 8.46. The molecule has 2 heterocycles. The maximum Gasteiger partial charge on any atom is 0.263 e. The van der Waals surface area contributed by atoms with E-state index in [1.165, 1.54) is 0 Å². The lowest BCUT2D eigenvalue weighted by molar-refractivity contribution is 0.120. The lowest BCUT2D eigenvalue weighted by Gasteiger charge is -2.12. The van der Waals surface area contributed by atoms with Gasteiger partial charge in [0.05, 0.1) is 22.9 Å². The van der Waals surface area contributed by atoms with Gasteiger partial charge in [0.1, 0.15) is 5.82 Å². The molecule has 140 valence electrons. The summed E-state index contributed by atoms with van der Waals surface area (Å²) in [6.45, 7) is 5.69. The number of aromatic nitrogens is 1. The first-order valence-electron chi connectivity index (χ1n) is 8.88. The summed E-state index contributed by atoms with van der Waals surface area (Å²) in [6.07, 6.45) is 4.02. The number of ether oxygens (including phenoxy) is 1. The Hall–Kier alpha value is -2.12. The number of nitrogens with one attached hydrogen (secondary N) is 2. The van der Waals surface area contributed by atoms with E-state index in [4.69, 9.17) is 4.74 Å². The number of nitrogens with zero attached hydrogens (tertiary/aromatic N) is 1. The van der Waals surface area contributed by atoms with E-state index in [9.17, 15) is 8.42 Å². The third-order valence-corrected chi connectivity index (χ3v) is 5.79. The summed E-state index contributed by atoms with van der Waals surface area (Å²) < 4.78 is 33.0. The number of sulfonamides is 1. The van der Waals surface area contributed by atoms with Crippen LogP contribution >= 0.6 is 0 Å². The predicted molar refractivity (Wildman–Crippen MR) is 103 cm³/mol. The van der Waals surface area contributed by atoms with Crippen LogP contribution in [0.2, 0.25) is 0 Å². The Labute approximate surface area is 155 Å². The molecule has 0 spiro atoms. The van der Waals surface area contributed by atoms with Crippen LogP contribution in [0.25, 0.3) is 0 Å². The molecule has 1 unspecified atom stereocenters. The van der Waals surface area contributed by atoms with Crippen molar-refractivity contribution in [3.05, 3.63) is 48.2 Å². The first kappa shape index (κ1) is 18.7. The molecule has 2 aromatic rings. The normalized spacial score (nSPS) is 17.4. The largest absolute Gasteiger partial charge is 0.381 e. The minimum absolute atomic E-state index is 0.226. The molecule has 0 saturated carbocycles. The van der Waals surface area contributed by atoms with Crippen LogP contribution < -0.4 is 10.0 Å². The van der Waals surface area contributed by atoms with Crippen LogP contribution in [-0.2, 0) is 14.8 Å². The quantitative estimate of drug-likeness (QED) is 0.773. The number of hydrogen-bond acceptors (Lipinski definition) is 5. The third-order valence-electron chi connectivity index (χ3n) is 4.42. The van der Waals surface area contributed by atoms with Gasteiger partial charge < -0.3 is 10.1 Å². The molecule has 0 amide bonds. The minimum atomic E-state index is -3.65. The standard InChI is InChI=1S/C19H25N3O3S/c1-14(2)15-5-8-18(9-6-15)26(23,24)22-19-10-7-16(12-21-19)20-13-17-4-3-11-25-17/h5-10,12,14,17,20H,3-4,11,13H2,1-2H3,(H,21,22). The molecule has 1 aromatic heterocycles. The van der Waals surface area contributed by atoms with Gasteiger partial charge in [-0.15, -0.1) is 0 Å². The average molecular weight is 375 g/mol. The van der Waals surface area contributed by atoms with Gasteiger partial charge in [-0.2, -0.15) is 0 Å². The Balaban J connectivity index is 1.61. The fraction of sp³-hybridized carbons (Fsp3) is 0.421. The Morgan fingerprint density at radius 1 is 1.19 bits per heavy atom. The summed E-state index contributed by atoms with van der Waals surface area (Å²) in [6, 6.07) is 10.4. The highest BCUT2D eigenvalue weighted by Gasteiger charge is 2.16. The van der Waals surface area contributed by atoms with E-state index in [1.54, 1.807) is 24.4 Å². The molecule has 1 atom stereocenters. The molecule has 0 aliphatic carbocycles. The topological polar surface area (TPSA) is 80.3 Å². The van der Waals surface area contributed by atoms with Crippen LogP contribution in [0.5, 0.6) is 0 Å². The van der Waals surface area contributed by atoms with E-state index in [1.807, 2.05) is 18.2 Å². The maximum absolute atomic E-state index is 12.5. The maximum atomic E-state index is 12.5. The van der Waals surface area contributed by atoms with Gasteiger partial charge in [-0.1, -0.05) is 26.0 Å². The highest BCUT2D eigenvalue weighted by Crippen LogP contribution is 2.20. The number of rotatable bonds is 7. The molecule has 2 N–H and O–H groups in total. The second kappa shape index (κ2) is 8.05. The lowest BCUT2D eigenvalue weighted by Crippen LogP contribution is -2.18. The minimum Gasteiger partial charge on any atom is -0.381 e. The van der Waals surface area contributed by atoms with Crippen molar-refractivity contribution in [2.75, 3.05) is 23.2 Å². The smallest absolute Gasteiger partial charge is 0.263 e. The molecule has 26 heavy (non-hydrogen) atoms. The van der Waals surface area contributed by atoms with Crippen LogP contribution in [-0.4, -0.2) is 32.7 Å². The zero-order chi connectivity index (χ0) is 18.6. The number of anilines is 2. The molecule has 0 radical (unpaired) electrons. The zero-order valence-electron chi connectivity index (χ0n) is 15.1. The van der Waals surface area contributed by atoms with Crippen LogP contribution in [0.1, 0.15) is 38.2 Å². The van der Waals surface area contributed by atoms with Crippen molar-refractivity contribution >= 4 is 21.5 Å². The van der Waals surface area contributed by atoms with E-state index in [2.05, 4.69) is 28.9 Å². The summed E-state index contributed by atoms with van der Waals surface area (Å²) in [7, 11) is -3.65. The van der Waals surface area contributed by atoms with Crippen molar-refractivity contribution in [2.24, 2.45) is 0 Å². The van der Waals surface area contributed by atoms with Crippen molar-refractivity contribution in [1.29, 1.82) is 0 Å². The molecule has 1 saturated heterocycles. The van der Waals surface area contributed by atoms with Crippen LogP contribution in [0.15, 0.2) is 47.5 Å². The highest BCUT2D eigenvalue weighted by molar-refractivity contribution is 7.92. The van der Waals surface area contributed by atoms with Crippen LogP contribution in [0.4, 0.5) is 11.5 Å². The Bertz CT molecular complexity index is 812. The van der Waals surface area contributed by atoms with Crippen LogP contribution in [0.3, 0.4) is 0 Å². The second-order valence-electron chi connectivity index (χ2n) is 6.78. The zero-order valence-corrected chi connectivity index (χ0v) is 15.9. The van der Waals surface area contributed by atoms with Gasteiger partial charge >= 0.3 is 0 Å². The van der Waals surface area contributed by atoms with Gasteiger partial charge in [0, 0.05) is 13.2 Å². The molecule has 1 aliphatic rings. The number of hydrogen-bond donors (Lipinski definition) is 2. The summed E-state index contributed by atoms with van der Waals surface area (Å²) in [5.74, 6) is 0.650. The number of benzene rings is 1. The predicted octanol–water partition coefficient (Wildman–Crippen LogP) is 3.60. The van der Waals surface area contributed by atoms with Crippen molar-refractivity contribution in [2.45, 2.75) is 43.6 Å². The first-order chi connectivity index (χ1) is 12.4. The third kappa shape index (κ3) is 4.74. The van der Waals surface area contributed by atoms with Crippen LogP contribution in [0, 0.1) is 0 Å². The molecule has 6 nitrogen and oxygen atoms in total. The first-order valence-corrected chi connectivity index (χ1v) is 10.4. The molecule has 1 aromatic carbocycles. The molecular formula is C19H25N3O3S. The highest BCUT2D eigenvalue weighted by atomic mass is 32.2. The Morgan fingerprint density at radius 2 is 1.96 bits per heavy atom. The van der Waals surface area contributed by atoms with Gasteiger partial charge in [0.15, 0.2) is 0 Å². The molecule has 1 aliphatic heterocycles. The van der Waals surface area contributed by atoms with E-state index in [-0.39, 0.29) is 11.0 Å². The Kier molecular flexibility index (Phi) is 5.78. The van der Waals surface area contributed by atoms with Crippen molar-refractivity contribution in [1.82, 2.24) is 4.98 Å². The van der Waals surface area contributed by atoms with E-state index in [0.29, 0.717) is 11.7 Å². The summed E-state index contributed by atoms with van der Waals surface area (Å²) in [5, 5.41) is 3.26. The molecule has 7 heteroatoms. The van der Waals surface area contributed by atoms with Crippen molar-refractivity contribution in [3.8, 4) is 0 Å². The van der Waals surface area contributed by atoms with Gasteiger partial charge in [0.25, 0.3) is 10.0 Å². The van der Waals surface area contributed by atoms with Gasteiger partial charge in [-0.05, 0) is 48.6 Å². The molecular weight excluding hydrogens is 350 g/mol. The van der Waals surface area contributed by atoms with E-state index in [0.717, 1.165) is 37.2 Å². The lowest BCUT2D eigenvalue weighted by atomic mass is 10.0. The van der Waals surface area contributed by atoms with Gasteiger partial charge in [-0.25, -0.2) is 13.4 Å². The van der Waals surface area contributed by atoms with Gasteiger partial charge in [0.2, 0.25) is 0 Å². The molecule has 3 rings (SSSR count). The van der Waals surface area contributed by atoms with Crippen molar-refractivity contribution in [3.63, 3.8) is 0 Å². The fourth-order valence-corrected chi connectivity index (χ4v) is 3.83. The summed E-state index contributed by atoms with van der Waals surface area (Å²) in [5.41, 5.74) is 1.94. The van der Waals surface area contributed by atoms with Crippen molar-refractivity contribution < 1.29 is 13.2 Å². The fourth-order valence-electron chi connectivity index (χ4n) is 2.82.